The number of hydrogen-bond donors (Lipinski definition) is 1. The lowest BCUT2D eigenvalue weighted by molar-refractivity contribution is 0.819. The molecule has 2 heterocycles. The van der Waals surface area contributed by atoms with E-state index in [9.17, 15) is 0 Å². The molecule has 4 rings (SSSR count). The summed E-state index contributed by atoms with van der Waals surface area (Å²) < 4.78 is 2.07. The fourth-order valence-corrected chi connectivity index (χ4v) is 2.78. The van der Waals surface area contributed by atoms with E-state index in [0.717, 1.165) is 33.5 Å². The van der Waals surface area contributed by atoms with Crippen LogP contribution in [0.15, 0.2) is 67.4 Å². The maximum atomic E-state index is 5.96. The Balaban J connectivity index is 1.81. The minimum atomic E-state index is -0.000432. The average Bonchev–Trinajstić information content (AvgIpc) is 3.06. The molecule has 118 valence electrons. The molecule has 5 nitrogen and oxygen atoms in total. The van der Waals surface area contributed by atoms with Gasteiger partial charge in [0, 0.05) is 29.7 Å². The quantitative estimate of drug-likeness (QED) is 0.628. The van der Waals surface area contributed by atoms with Crippen molar-refractivity contribution >= 4 is 11.0 Å². The van der Waals surface area contributed by atoms with Crippen molar-refractivity contribution in [3.63, 3.8) is 0 Å². The molecule has 0 spiro atoms. The molecular formula is C19H17N5. The topological polar surface area (TPSA) is 69.6 Å². The van der Waals surface area contributed by atoms with E-state index in [4.69, 9.17) is 5.73 Å². The van der Waals surface area contributed by atoms with E-state index in [1.165, 1.54) is 0 Å². The summed E-state index contributed by atoms with van der Waals surface area (Å²) >= 11 is 0. The maximum Gasteiger partial charge on any atom is 0.100 e. The Morgan fingerprint density at radius 2 is 1.96 bits per heavy atom. The van der Waals surface area contributed by atoms with Gasteiger partial charge < -0.3 is 5.73 Å². The predicted molar refractivity (Wildman–Crippen MR) is 94.7 cm³/mol. The van der Waals surface area contributed by atoms with E-state index in [1.807, 2.05) is 31.5 Å². The number of nitrogens with zero attached hydrogens (tertiary/aromatic N) is 4. The zero-order chi connectivity index (χ0) is 16.5. The zero-order valence-electron chi connectivity index (χ0n) is 13.3. The first-order chi connectivity index (χ1) is 11.7. The molecule has 0 aliphatic heterocycles. The second kappa shape index (κ2) is 5.86. The summed E-state index contributed by atoms with van der Waals surface area (Å²) in [6.07, 6.45) is 6.97. The third-order valence-electron chi connectivity index (χ3n) is 4.08. The van der Waals surface area contributed by atoms with Gasteiger partial charge in [0.05, 0.1) is 22.9 Å². The first-order valence-electron chi connectivity index (χ1n) is 7.82. The first kappa shape index (κ1) is 14.5. The standard InChI is InChI=1S/C19H17N5/c1-13(20)14-5-6-19-17(10-14)23-12-24(19)16-4-2-3-15(9-16)18-11-21-7-8-22-18/h2-13H,20H2,1H3/t13-/m0/s1. The fraction of sp³-hybridized carbons (Fsp3) is 0.105. The molecule has 2 N–H and O–H groups in total. The van der Waals surface area contributed by atoms with Gasteiger partial charge in [-0.1, -0.05) is 18.2 Å². The molecule has 0 saturated carbocycles. The lowest BCUT2D eigenvalue weighted by atomic mass is 10.1. The molecule has 2 aromatic carbocycles. The first-order valence-corrected chi connectivity index (χ1v) is 7.82. The van der Waals surface area contributed by atoms with Crippen LogP contribution in [0.2, 0.25) is 0 Å². The molecule has 0 aliphatic carbocycles. The van der Waals surface area contributed by atoms with Crippen LogP contribution in [0.1, 0.15) is 18.5 Å². The third-order valence-corrected chi connectivity index (χ3v) is 4.08. The second-order valence-electron chi connectivity index (χ2n) is 5.79. The van der Waals surface area contributed by atoms with Crippen LogP contribution in [0, 0.1) is 0 Å². The minimum Gasteiger partial charge on any atom is -0.324 e. The lowest BCUT2D eigenvalue weighted by Crippen LogP contribution is -2.04. The highest BCUT2D eigenvalue weighted by Crippen LogP contribution is 2.24. The van der Waals surface area contributed by atoms with Crippen molar-refractivity contribution in [3.8, 4) is 16.9 Å². The van der Waals surface area contributed by atoms with Crippen LogP contribution in [-0.2, 0) is 0 Å². The molecule has 0 radical (unpaired) electrons. The Labute approximate surface area is 139 Å². The van der Waals surface area contributed by atoms with Gasteiger partial charge >= 0.3 is 0 Å². The third kappa shape index (κ3) is 2.55. The Kier molecular flexibility index (Phi) is 3.55. The summed E-state index contributed by atoms with van der Waals surface area (Å²) in [4.78, 5) is 13.0. The van der Waals surface area contributed by atoms with E-state index in [0.29, 0.717) is 0 Å². The van der Waals surface area contributed by atoms with Crippen LogP contribution in [0.25, 0.3) is 28.0 Å². The largest absolute Gasteiger partial charge is 0.324 e. The lowest BCUT2D eigenvalue weighted by Gasteiger charge is -2.08. The van der Waals surface area contributed by atoms with Gasteiger partial charge in [-0.05, 0) is 36.8 Å². The van der Waals surface area contributed by atoms with Gasteiger partial charge in [0.1, 0.15) is 6.33 Å². The van der Waals surface area contributed by atoms with E-state index >= 15 is 0 Å². The molecular weight excluding hydrogens is 298 g/mol. The molecule has 0 amide bonds. The molecule has 0 unspecified atom stereocenters. The van der Waals surface area contributed by atoms with Crippen LogP contribution in [0.4, 0.5) is 0 Å². The number of hydrogen-bond acceptors (Lipinski definition) is 4. The highest BCUT2D eigenvalue weighted by atomic mass is 15.0. The van der Waals surface area contributed by atoms with Crippen LogP contribution in [-0.4, -0.2) is 19.5 Å². The van der Waals surface area contributed by atoms with Crippen molar-refractivity contribution in [2.75, 3.05) is 0 Å². The van der Waals surface area contributed by atoms with Crippen LogP contribution in [0.3, 0.4) is 0 Å². The smallest absolute Gasteiger partial charge is 0.100 e. The second-order valence-corrected chi connectivity index (χ2v) is 5.79. The van der Waals surface area contributed by atoms with Crippen LogP contribution in [0.5, 0.6) is 0 Å². The monoisotopic (exact) mass is 315 g/mol. The summed E-state index contributed by atoms with van der Waals surface area (Å²) in [7, 11) is 0. The molecule has 0 bridgehead atoms. The van der Waals surface area contributed by atoms with Crippen LogP contribution >= 0.6 is 0 Å². The Morgan fingerprint density at radius 3 is 2.75 bits per heavy atom. The normalized spacial score (nSPS) is 12.4. The van der Waals surface area contributed by atoms with Crippen molar-refractivity contribution in [3.05, 3.63) is 72.9 Å². The molecule has 24 heavy (non-hydrogen) atoms. The Morgan fingerprint density at radius 1 is 1.04 bits per heavy atom. The predicted octanol–water partition coefficient (Wildman–Crippen LogP) is 3.50. The summed E-state index contributed by atoms with van der Waals surface area (Å²) in [6, 6.07) is 14.4. The van der Waals surface area contributed by atoms with Gasteiger partial charge in [0.25, 0.3) is 0 Å². The molecule has 0 saturated heterocycles. The molecule has 0 aliphatic rings. The molecule has 1 atom stereocenters. The molecule has 2 aromatic heterocycles. The van der Waals surface area contributed by atoms with Gasteiger partial charge in [-0.3, -0.25) is 14.5 Å². The SMILES string of the molecule is C[C@H](N)c1ccc2c(c1)ncn2-c1cccc(-c2cnccn2)c1. The fourth-order valence-electron chi connectivity index (χ4n) is 2.78. The summed E-state index contributed by atoms with van der Waals surface area (Å²) in [5.74, 6) is 0. The minimum absolute atomic E-state index is 0.000432. The van der Waals surface area contributed by atoms with Crippen molar-refractivity contribution in [1.82, 2.24) is 19.5 Å². The Bertz CT molecular complexity index is 989. The van der Waals surface area contributed by atoms with Crippen molar-refractivity contribution < 1.29 is 0 Å². The van der Waals surface area contributed by atoms with Crippen molar-refractivity contribution in [2.45, 2.75) is 13.0 Å². The molecule has 4 aromatic rings. The van der Waals surface area contributed by atoms with Gasteiger partial charge in [0.2, 0.25) is 0 Å². The summed E-state index contributed by atoms with van der Waals surface area (Å²) in [5.41, 5.74) is 11.9. The number of aromatic nitrogens is 4. The summed E-state index contributed by atoms with van der Waals surface area (Å²) in [5, 5.41) is 0. The van der Waals surface area contributed by atoms with Gasteiger partial charge in [-0.15, -0.1) is 0 Å². The summed E-state index contributed by atoms with van der Waals surface area (Å²) in [6.45, 7) is 1.97. The maximum absolute atomic E-state index is 5.96. The molecule has 5 heteroatoms. The molecule has 0 fully saturated rings. The number of nitrogens with two attached hydrogens (primary N) is 1. The van der Waals surface area contributed by atoms with E-state index < -0.39 is 0 Å². The van der Waals surface area contributed by atoms with E-state index in [1.54, 1.807) is 18.6 Å². The van der Waals surface area contributed by atoms with Gasteiger partial charge in [0.15, 0.2) is 0 Å². The zero-order valence-corrected chi connectivity index (χ0v) is 13.3. The van der Waals surface area contributed by atoms with Crippen molar-refractivity contribution in [1.29, 1.82) is 0 Å². The van der Waals surface area contributed by atoms with Crippen molar-refractivity contribution in [2.24, 2.45) is 5.73 Å². The van der Waals surface area contributed by atoms with Crippen LogP contribution < -0.4 is 5.73 Å². The van der Waals surface area contributed by atoms with Gasteiger partial charge in [-0.2, -0.15) is 0 Å². The number of fused-ring (bicyclic) bond motifs is 1. The number of imidazole rings is 1. The van der Waals surface area contributed by atoms with E-state index in [2.05, 4.69) is 43.8 Å². The highest BCUT2D eigenvalue weighted by Gasteiger charge is 2.08. The van der Waals surface area contributed by atoms with Gasteiger partial charge in [-0.25, -0.2) is 4.98 Å². The average molecular weight is 315 g/mol. The number of rotatable bonds is 3. The highest BCUT2D eigenvalue weighted by molar-refractivity contribution is 5.78. The van der Waals surface area contributed by atoms with E-state index in [-0.39, 0.29) is 6.04 Å². The Hall–Kier alpha value is -3.05. The number of benzene rings is 2.